The smallest absolute Gasteiger partial charge is 0.277 e. The van der Waals surface area contributed by atoms with Gasteiger partial charge in [0.05, 0.1) is 23.5 Å². The van der Waals surface area contributed by atoms with Crippen LogP contribution in [-0.4, -0.2) is 27.9 Å². The predicted octanol–water partition coefficient (Wildman–Crippen LogP) is 2.52. The highest BCUT2D eigenvalue weighted by Gasteiger charge is 2.19. The highest BCUT2D eigenvalue weighted by atomic mass is 35.5. The van der Waals surface area contributed by atoms with Gasteiger partial charge in [0, 0.05) is 7.05 Å². The summed E-state index contributed by atoms with van der Waals surface area (Å²) >= 11 is 11.2. The van der Waals surface area contributed by atoms with Gasteiger partial charge in [-0.1, -0.05) is 23.7 Å². The van der Waals surface area contributed by atoms with Crippen molar-refractivity contribution in [2.75, 3.05) is 12.4 Å². The first-order valence-electron chi connectivity index (χ1n) is 6.38. The molecule has 1 aromatic carbocycles. The number of aryl methyl sites for hydroxylation is 2. The monoisotopic (exact) mass is 338 g/mol. The number of rotatable bonds is 3. The van der Waals surface area contributed by atoms with Crippen molar-refractivity contribution >= 4 is 40.5 Å². The maximum atomic E-state index is 12.2. The second kappa shape index (κ2) is 6.76. The molecule has 0 unspecified atom stereocenters. The van der Waals surface area contributed by atoms with Crippen LogP contribution in [0.1, 0.15) is 16.2 Å². The van der Waals surface area contributed by atoms with Crippen LogP contribution in [0.4, 0.5) is 5.69 Å². The lowest BCUT2D eigenvalue weighted by Crippen LogP contribution is -2.35. The lowest BCUT2D eigenvalue weighted by molar-refractivity contribution is 0.0968. The minimum Gasteiger partial charge on any atom is -0.495 e. The Morgan fingerprint density at radius 1 is 1.41 bits per heavy atom. The zero-order chi connectivity index (χ0) is 16.3. The summed E-state index contributed by atoms with van der Waals surface area (Å²) in [7, 11) is 3.20. The number of methoxy groups -OCH3 is 1. The number of carbonyl (C=O) groups excluding carboxylic acids is 1. The minimum atomic E-state index is -0.430. The van der Waals surface area contributed by atoms with Gasteiger partial charge in [0.1, 0.15) is 11.4 Å². The van der Waals surface area contributed by atoms with E-state index in [0.717, 1.165) is 0 Å². The molecule has 0 aliphatic heterocycles. The summed E-state index contributed by atoms with van der Waals surface area (Å²) in [6.07, 6.45) is 0. The lowest BCUT2D eigenvalue weighted by Gasteiger charge is -2.12. The first-order chi connectivity index (χ1) is 10.4. The van der Waals surface area contributed by atoms with E-state index in [0.29, 0.717) is 22.2 Å². The number of nitrogens with zero attached hydrogens (tertiary/aromatic N) is 2. The van der Waals surface area contributed by atoms with Gasteiger partial charge in [0.2, 0.25) is 0 Å². The van der Waals surface area contributed by atoms with Crippen LogP contribution in [0.5, 0.6) is 5.75 Å². The van der Waals surface area contributed by atoms with Gasteiger partial charge in [-0.15, -0.1) is 0 Å². The average Bonchev–Trinajstić information content (AvgIpc) is 2.72. The van der Waals surface area contributed by atoms with Gasteiger partial charge in [0.25, 0.3) is 5.91 Å². The Labute approximate surface area is 138 Å². The molecule has 1 heterocycles. The molecule has 2 N–H and O–H groups in total. The SMILES string of the molecule is COc1ccccc1NC(=S)NC(=O)c1c(Cl)c(C)nn1C. The summed E-state index contributed by atoms with van der Waals surface area (Å²) in [6.45, 7) is 1.73. The van der Waals surface area contributed by atoms with E-state index in [1.165, 1.54) is 4.68 Å². The van der Waals surface area contributed by atoms with E-state index in [4.69, 9.17) is 28.6 Å². The van der Waals surface area contributed by atoms with Gasteiger partial charge in [-0.2, -0.15) is 5.10 Å². The molecule has 8 heteroatoms. The second-order valence-corrected chi connectivity index (χ2v) is 5.27. The molecule has 0 bridgehead atoms. The Morgan fingerprint density at radius 3 is 2.68 bits per heavy atom. The third-order valence-electron chi connectivity index (χ3n) is 2.95. The number of benzene rings is 1. The Morgan fingerprint density at radius 2 is 2.09 bits per heavy atom. The number of anilines is 1. The first-order valence-corrected chi connectivity index (χ1v) is 7.17. The number of aromatic nitrogens is 2. The molecule has 0 spiro atoms. The molecule has 0 atom stereocenters. The van der Waals surface area contributed by atoms with Gasteiger partial charge >= 0.3 is 0 Å². The molecule has 116 valence electrons. The largest absolute Gasteiger partial charge is 0.495 e. The highest BCUT2D eigenvalue weighted by Crippen LogP contribution is 2.23. The van der Waals surface area contributed by atoms with E-state index >= 15 is 0 Å². The molecular formula is C14H15ClN4O2S. The minimum absolute atomic E-state index is 0.143. The van der Waals surface area contributed by atoms with Crippen LogP contribution < -0.4 is 15.4 Å². The van der Waals surface area contributed by atoms with Gasteiger partial charge in [0.15, 0.2) is 5.11 Å². The molecule has 1 aromatic heterocycles. The van der Waals surface area contributed by atoms with E-state index < -0.39 is 5.91 Å². The highest BCUT2D eigenvalue weighted by molar-refractivity contribution is 7.80. The molecule has 0 aliphatic carbocycles. The number of hydrogen-bond acceptors (Lipinski definition) is 4. The third-order valence-corrected chi connectivity index (χ3v) is 3.60. The molecule has 22 heavy (non-hydrogen) atoms. The number of thiocarbonyl (C=S) groups is 1. The van der Waals surface area contributed by atoms with E-state index in [1.54, 1.807) is 33.2 Å². The summed E-state index contributed by atoms with van der Waals surface area (Å²) in [4.78, 5) is 12.2. The van der Waals surface area contributed by atoms with Crippen molar-refractivity contribution < 1.29 is 9.53 Å². The van der Waals surface area contributed by atoms with Crippen molar-refractivity contribution in [3.8, 4) is 5.75 Å². The molecular weight excluding hydrogens is 324 g/mol. The number of halogens is 1. The number of ether oxygens (including phenoxy) is 1. The topological polar surface area (TPSA) is 68.2 Å². The van der Waals surface area contributed by atoms with E-state index in [2.05, 4.69) is 15.7 Å². The van der Waals surface area contributed by atoms with E-state index in [-0.39, 0.29) is 10.8 Å². The fourth-order valence-corrected chi connectivity index (χ4v) is 2.39. The van der Waals surface area contributed by atoms with Gasteiger partial charge in [-0.25, -0.2) is 0 Å². The molecule has 6 nitrogen and oxygen atoms in total. The number of amides is 1. The maximum Gasteiger partial charge on any atom is 0.277 e. The molecule has 0 fully saturated rings. The van der Waals surface area contributed by atoms with Gasteiger partial charge in [-0.3, -0.25) is 14.8 Å². The second-order valence-electron chi connectivity index (χ2n) is 4.48. The molecule has 0 saturated heterocycles. The van der Waals surface area contributed by atoms with Crippen LogP contribution >= 0.6 is 23.8 Å². The molecule has 2 aromatic rings. The fraction of sp³-hybridized carbons (Fsp3) is 0.214. The first kappa shape index (κ1) is 16.3. The molecule has 1 amide bonds. The van der Waals surface area contributed by atoms with Gasteiger partial charge in [-0.05, 0) is 31.3 Å². The Bertz CT molecular complexity index is 730. The van der Waals surface area contributed by atoms with Crippen molar-refractivity contribution in [2.45, 2.75) is 6.92 Å². The summed E-state index contributed by atoms with van der Waals surface area (Å²) in [5.41, 5.74) is 1.49. The number of para-hydroxylation sites is 2. The predicted molar refractivity (Wildman–Crippen MR) is 89.6 cm³/mol. The number of hydrogen-bond donors (Lipinski definition) is 2. The van der Waals surface area contributed by atoms with Crippen LogP contribution in [0.15, 0.2) is 24.3 Å². The number of nitrogens with one attached hydrogen (secondary N) is 2. The lowest BCUT2D eigenvalue weighted by atomic mass is 10.3. The van der Waals surface area contributed by atoms with Gasteiger partial charge < -0.3 is 10.1 Å². The Hall–Kier alpha value is -2.12. The maximum absolute atomic E-state index is 12.2. The summed E-state index contributed by atoms with van der Waals surface area (Å²) in [5, 5.41) is 10.0. The average molecular weight is 339 g/mol. The molecule has 0 aliphatic rings. The molecule has 0 saturated carbocycles. The van der Waals surface area contributed by atoms with Crippen LogP contribution in [0, 0.1) is 6.92 Å². The normalized spacial score (nSPS) is 10.2. The quantitative estimate of drug-likeness (QED) is 0.842. The van der Waals surface area contributed by atoms with Crippen LogP contribution in [-0.2, 0) is 7.05 Å². The van der Waals surface area contributed by atoms with Crippen LogP contribution in [0.3, 0.4) is 0 Å². The van der Waals surface area contributed by atoms with Crippen molar-refractivity contribution in [1.29, 1.82) is 0 Å². The summed E-state index contributed by atoms with van der Waals surface area (Å²) in [5.74, 6) is 0.189. The van der Waals surface area contributed by atoms with Crippen molar-refractivity contribution in [1.82, 2.24) is 15.1 Å². The van der Waals surface area contributed by atoms with E-state index in [9.17, 15) is 4.79 Å². The number of carbonyl (C=O) groups is 1. The summed E-state index contributed by atoms with van der Waals surface area (Å²) in [6, 6.07) is 7.24. The third kappa shape index (κ3) is 3.37. The van der Waals surface area contributed by atoms with E-state index in [1.807, 2.05) is 12.1 Å². The molecule has 0 radical (unpaired) electrons. The standard InChI is InChI=1S/C14H15ClN4O2S/c1-8-11(15)12(19(2)18-8)13(20)17-14(22)16-9-6-4-5-7-10(9)21-3/h4-7H,1-3H3,(H2,16,17,20,22). The van der Waals surface area contributed by atoms with Crippen molar-refractivity contribution in [3.63, 3.8) is 0 Å². The van der Waals surface area contributed by atoms with Crippen molar-refractivity contribution in [2.24, 2.45) is 7.05 Å². The fourth-order valence-electron chi connectivity index (χ4n) is 1.94. The van der Waals surface area contributed by atoms with Crippen LogP contribution in [0.2, 0.25) is 5.02 Å². The Balaban J connectivity index is 2.10. The zero-order valence-electron chi connectivity index (χ0n) is 12.3. The summed E-state index contributed by atoms with van der Waals surface area (Å²) < 4.78 is 6.62. The van der Waals surface area contributed by atoms with Crippen LogP contribution in [0.25, 0.3) is 0 Å². The Kier molecular flexibility index (Phi) is 4.99. The van der Waals surface area contributed by atoms with Crippen molar-refractivity contribution in [3.05, 3.63) is 40.7 Å². The molecule has 2 rings (SSSR count). The zero-order valence-corrected chi connectivity index (χ0v) is 13.9.